The second kappa shape index (κ2) is 8.79. The third-order valence-electron chi connectivity index (χ3n) is 4.65. The molecule has 30 heavy (non-hydrogen) atoms. The van der Waals surface area contributed by atoms with Gasteiger partial charge in [-0.05, 0) is 31.0 Å². The van der Waals surface area contributed by atoms with Crippen LogP contribution in [-0.2, 0) is 19.6 Å². The Hall–Kier alpha value is -2.36. The quantitative estimate of drug-likeness (QED) is 0.576. The Labute approximate surface area is 180 Å². The lowest BCUT2D eigenvalue weighted by atomic mass is 10.0. The summed E-state index contributed by atoms with van der Waals surface area (Å²) in [4.78, 5) is 14.1. The summed E-state index contributed by atoms with van der Waals surface area (Å²) in [6.07, 6.45) is -2.69. The van der Waals surface area contributed by atoms with Gasteiger partial charge in [-0.2, -0.15) is 18.3 Å². The smallest absolute Gasteiger partial charge is 0.347 e. The van der Waals surface area contributed by atoms with E-state index in [1.807, 2.05) is 6.92 Å². The molecule has 3 N–H and O–H groups in total. The maximum Gasteiger partial charge on any atom is 0.416 e. The summed E-state index contributed by atoms with van der Waals surface area (Å²) in [6, 6.07) is 6.25. The molecule has 0 unspecified atom stereocenters. The van der Waals surface area contributed by atoms with E-state index in [0.29, 0.717) is 21.2 Å². The molecule has 0 fully saturated rings. The maximum atomic E-state index is 12.9. The number of halogens is 4. The van der Waals surface area contributed by atoms with Gasteiger partial charge in [-0.1, -0.05) is 29.8 Å². The van der Waals surface area contributed by atoms with Crippen LogP contribution in [0.1, 0.15) is 25.7 Å². The lowest BCUT2D eigenvalue weighted by Crippen LogP contribution is -2.41. The Morgan fingerprint density at radius 3 is 2.70 bits per heavy atom. The van der Waals surface area contributed by atoms with Crippen molar-refractivity contribution in [1.82, 2.24) is 15.1 Å². The van der Waals surface area contributed by atoms with Gasteiger partial charge in [-0.25, -0.2) is 0 Å². The number of nitrogens with zero attached hydrogens (tertiary/aromatic N) is 2. The molecule has 0 aliphatic rings. The van der Waals surface area contributed by atoms with Crippen LogP contribution in [0, 0.1) is 6.92 Å². The zero-order chi connectivity index (χ0) is 22.1. The zero-order valence-corrected chi connectivity index (χ0v) is 17.8. The van der Waals surface area contributed by atoms with E-state index in [9.17, 15) is 18.0 Å². The van der Waals surface area contributed by atoms with Crippen LogP contribution in [0.5, 0.6) is 0 Å². The number of amides is 1. The number of aryl methyl sites for hydroxylation is 2. The van der Waals surface area contributed by atoms with Crippen molar-refractivity contribution in [2.75, 3.05) is 6.54 Å². The Kier molecular flexibility index (Phi) is 6.54. The van der Waals surface area contributed by atoms with Crippen molar-refractivity contribution in [3.05, 3.63) is 62.4 Å². The lowest BCUT2D eigenvalue weighted by Gasteiger charge is -2.17. The molecule has 10 heteroatoms. The fraction of sp³-hybridized carbons (Fsp3) is 0.300. The van der Waals surface area contributed by atoms with Crippen LogP contribution in [-0.4, -0.2) is 28.3 Å². The van der Waals surface area contributed by atoms with Crippen molar-refractivity contribution in [3.8, 4) is 11.3 Å². The summed E-state index contributed by atoms with van der Waals surface area (Å²) in [6.45, 7) is 1.97. The van der Waals surface area contributed by atoms with E-state index in [1.165, 1.54) is 23.6 Å². The summed E-state index contributed by atoms with van der Waals surface area (Å²) in [5.41, 5.74) is 7.00. The van der Waals surface area contributed by atoms with Crippen molar-refractivity contribution in [1.29, 1.82) is 0 Å². The number of nitrogens with one attached hydrogen (secondary N) is 1. The van der Waals surface area contributed by atoms with Crippen LogP contribution < -0.4 is 11.1 Å². The van der Waals surface area contributed by atoms with Gasteiger partial charge in [0.15, 0.2) is 0 Å². The largest absolute Gasteiger partial charge is 0.416 e. The molecule has 3 aromatic rings. The van der Waals surface area contributed by atoms with Crippen LogP contribution in [0.15, 0.2) is 36.5 Å². The molecule has 1 aromatic carbocycles. The Balaban J connectivity index is 1.76. The predicted octanol–water partition coefficient (Wildman–Crippen LogP) is 4.43. The van der Waals surface area contributed by atoms with Crippen molar-refractivity contribution in [3.63, 3.8) is 0 Å². The van der Waals surface area contributed by atoms with E-state index in [0.717, 1.165) is 22.6 Å². The van der Waals surface area contributed by atoms with Crippen LogP contribution >= 0.6 is 22.9 Å². The van der Waals surface area contributed by atoms with Gasteiger partial charge in [-0.3, -0.25) is 9.48 Å². The summed E-state index contributed by atoms with van der Waals surface area (Å²) >= 11 is 7.51. The number of hydrogen-bond donors (Lipinski definition) is 2. The van der Waals surface area contributed by atoms with E-state index >= 15 is 0 Å². The summed E-state index contributed by atoms with van der Waals surface area (Å²) in [5, 5.41) is 7.41. The molecule has 0 aliphatic heterocycles. The fourth-order valence-electron chi connectivity index (χ4n) is 3.15. The lowest BCUT2D eigenvalue weighted by molar-refractivity contribution is -0.137. The monoisotopic (exact) mass is 456 g/mol. The molecule has 160 valence electrons. The molecule has 0 saturated carbocycles. The third kappa shape index (κ3) is 4.85. The van der Waals surface area contributed by atoms with Crippen molar-refractivity contribution >= 4 is 28.8 Å². The van der Waals surface area contributed by atoms with Crippen molar-refractivity contribution in [2.24, 2.45) is 12.8 Å². The summed E-state index contributed by atoms with van der Waals surface area (Å²) in [5.74, 6) is -0.338. The Bertz CT molecular complexity index is 1040. The SMILES string of the molecule is Cc1sc(C(=O)N[C@H](CN)Cc2cccc(C(F)(F)F)c2)cc1-c1c(Cl)cnn1C. The molecule has 1 amide bonds. The highest BCUT2D eigenvalue weighted by atomic mass is 35.5. The molecule has 5 nitrogen and oxygen atoms in total. The molecule has 3 rings (SSSR count). The van der Waals surface area contributed by atoms with Gasteiger partial charge < -0.3 is 11.1 Å². The second-order valence-electron chi connectivity index (χ2n) is 6.85. The Morgan fingerprint density at radius 2 is 2.10 bits per heavy atom. The molecule has 0 aliphatic carbocycles. The van der Waals surface area contributed by atoms with Gasteiger partial charge in [0.2, 0.25) is 0 Å². The van der Waals surface area contributed by atoms with E-state index in [1.54, 1.807) is 23.9 Å². The van der Waals surface area contributed by atoms with Crippen LogP contribution in [0.2, 0.25) is 5.02 Å². The van der Waals surface area contributed by atoms with E-state index in [-0.39, 0.29) is 18.9 Å². The highest BCUT2D eigenvalue weighted by Gasteiger charge is 2.30. The number of aromatic nitrogens is 2. The van der Waals surface area contributed by atoms with Crippen molar-refractivity contribution < 1.29 is 18.0 Å². The number of thiophene rings is 1. The number of hydrogen-bond acceptors (Lipinski definition) is 4. The summed E-state index contributed by atoms with van der Waals surface area (Å²) < 4.78 is 40.4. The predicted molar refractivity (Wildman–Crippen MR) is 112 cm³/mol. The van der Waals surface area contributed by atoms with E-state index in [2.05, 4.69) is 10.4 Å². The maximum absolute atomic E-state index is 12.9. The standard InChI is InChI=1S/C20H20ClF3N4OS/c1-11-15(18-16(21)10-26-28(18)2)8-17(30-11)19(29)27-14(9-25)7-12-4-3-5-13(6-12)20(22,23)24/h3-6,8,10,14H,7,9,25H2,1-2H3,(H,27,29)/t14-/m0/s1. The van der Waals surface area contributed by atoms with Crippen LogP contribution in [0.4, 0.5) is 13.2 Å². The minimum Gasteiger partial charge on any atom is -0.347 e. The number of alkyl halides is 3. The average Bonchev–Trinajstić information content (AvgIpc) is 3.22. The molecular formula is C20H20ClF3N4OS. The highest BCUT2D eigenvalue weighted by molar-refractivity contribution is 7.14. The minimum atomic E-state index is -4.42. The Morgan fingerprint density at radius 1 is 1.37 bits per heavy atom. The molecule has 2 heterocycles. The molecule has 0 bridgehead atoms. The number of carbonyl (C=O) groups excluding carboxylic acids is 1. The van der Waals surface area contributed by atoms with Crippen LogP contribution in [0.3, 0.4) is 0 Å². The van der Waals surface area contributed by atoms with Gasteiger partial charge in [0.1, 0.15) is 0 Å². The first-order valence-corrected chi connectivity index (χ1v) is 10.2. The number of carbonyl (C=O) groups is 1. The van der Waals surface area contributed by atoms with Gasteiger partial charge in [0, 0.05) is 30.1 Å². The first-order valence-electron chi connectivity index (χ1n) is 9.05. The first kappa shape index (κ1) is 22.3. The topological polar surface area (TPSA) is 72.9 Å². The number of benzene rings is 1. The normalized spacial score (nSPS) is 12.8. The van der Waals surface area contributed by atoms with Crippen LogP contribution in [0.25, 0.3) is 11.3 Å². The fourth-order valence-corrected chi connectivity index (χ4v) is 4.34. The zero-order valence-electron chi connectivity index (χ0n) is 16.3. The first-order chi connectivity index (χ1) is 14.1. The summed E-state index contributed by atoms with van der Waals surface area (Å²) in [7, 11) is 1.76. The minimum absolute atomic E-state index is 0.0900. The molecule has 0 saturated heterocycles. The van der Waals surface area contributed by atoms with Crippen molar-refractivity contribution in [2.45, 2.75) is 25.6 Å². The second-order valence-corrected chi connectivity index (χ2v) is 8.52. The van der Waals surface area contributed by atoms with Gasteiger partial charge in [0.25, 0.3) is 5.91 Å². The molecule has 0 spiro atoms. The molecule has 2 aromatic heterocycles. The van der Waals surface area contributed by atoms with E-state index < -0.39 is 17.8 Å². The third-order valence-corrected chi connectivity index (χ3v) is 5.97. The molecular weight excluding hydrogens is 437 g/mol. The highest BCUT2D eigenvalue weighted by Crippen LogP contribution is 2.35. The number of rotatable bonds is 6. The molecule has 0 radical (unpaired) electrons. The van der Waals surface area contributed by atoms with E-state index in [4.69, 9.17) is 17.3 Å². The van der Waals surface area contributed by atoms with Gasteiger partial charge in [0.05, 0.1) is 27.4 Å². The van der Waals surface area contributed by atoms with Gasteiger partial charge in [-0.15, -0.1) is 11.3 Å². The number of nitrogens with two attached hydrogens (primary N) is 1. The van der Waals surface area contributed by atoms with Gasteiger partial charge >= 0.3 is 6.18 Å². The average molecular weight is 457 g/mol. The molecule has 1 atom stereocenters.